The first kappa shape index (κ1) is 11.9. The summed E-state index contributed by atoms with van der Waals surface area (Å²) in [5, 5.41) is 9.82. The predicted octanol–water partition coefficient (Wildman–Crippen LogP) is 3.76. The Hall–Kier alpha value is -1.57. The molecular weight excluding hydrogens is 232 g/mol. The summed E-state index contributed by atoms with van der Waals surface area (Å²) in [6, 6.07) is 17.6. The van der Waals surface area contributed by atoms with E-state index in [4.69, 9.17) is 16.7 Å². The molecule has 86 valence electrons. The van der Waals surface area contributed by atoms with E-state index in [0.717, 1.165) is 16.7 Å². The second kappa shape index (κ2) is 5.67. The Bertz CT molecular complexity index is 500. The second-order valence-corrected chi connectivity index (χ2v) is 4.11. The second-order valence-electron chi connectivity index (χ2n) is 3.67. The van der Waals surface area contributed by atoms with Crippen molar-refractivity contribution in [3.8, 4) is 0 Å². The van der Waals surface area contributed by atoms with Crippen LogP contribution in [0.1, 0.15) is 11.1 Å². The first-order valence-corrected chi connectivity index (χ1v) is 5.81. The van der Waals surface area contributed by atoms with Gasteiger partial charge in [-0.25, -0.2) is 0 Å². The summed E-state index contributed by atoms with van der Waals surface area (Å²) in [5.74, 6) is 0. The quantitative estimate of drug-likeness (QED) is 0.872. The van der Waals surface area contributed by atoms with Crippen molar-refractivity contribution < 1.29 is 5.11 Å². The van der Waals surface area contributed by atoms with Crippen molar-refractivity contribution in [3.63, 3.8) is 0 Å². The number of hydrogen-bond donors (Lipinski definition) is 1. The summed E-state index contributed by atoms with van der Waals surface area (Å²) in [6.45, 7) is 0.0207. The minimum atomic E-state index is 0.0207. The zero-order chi connectivity index (χ0) is 12.1. The van der Waals surface area contributed by atoms with Crippen LogP contribution in [0.5, 0.6) is 0 Å². The van der Waals surface area contributed by atoms with E-state index in [9.17, 15) is 0 Å². The van der Waals surface area contributed by atoms with Crippen LogP contribution < -0.4 is 0 Å². The van der Waals surface area contributed by atoms with E-state index in [-0.39, 0.29) is 6.61 Å². The maximum atomic E-state index is 9.11. The molecule has 0 atom stereocenters. The number of hydrogen-bond acceptors (Lipinski definition) is 1. The number of benzene rings is 2. The summed E-state index contributed by atoms with van der Waals surface area (Å²) in [7, 11) is 0. The lowest BCUT2D eigenvalue weighted by atomic mass is 9.98. The molecule has 2 aromatic carbocycles. The van der Waals surface area contributed by atoms with E-state index in [0.29, 0.717) is 5.02 Å². The van der Waals surface area contributed by atoms with Crippen LogP contribution >= 0.6 is 11.6 Å². The van der Waals surface area contributed by atoms with Gasteiger partial charge in [-0.3, -0.25) is 0 Å². The first-order chi connectivity index (χ1) is 8.31. The van der Waals surface area contributed by atoms with Gasteiger partial charge in [-0.15, -0.1) is 0 Å². The van der Waals surface area contributed by atoms with Crippen LogP contribution in [0.4, 0.5) is 0 Å². The van der Waals surface area contributed by atoms with Gasteiger partial charge in [-0.05, 0) is 28.8 Å². The van der Waals surface area contributed by atoms with Gasteiger partial charge in [-0.2, -0.15) is 0 Å². The van der Waals surface area contributed by atoms with E-state index in [1.165, 1.54) is 0 Å². The predicted molar refractivity (Wildman–Crippen MR) is 72.1 cm³/mol. The normalized spacial score (nSPS) is 11.5. The molecule has 0 aliphatic heterocycles. The van der Waals surface area contributed by atoms with E-state index >= 15 is 0 Å². The molecule has 0 fully saturated rings. The molecule has 0 spiro atoms. The van der Waals surface area contributed by atoms with Gasteiger partial charge in [-0.1, -0.05) is 60.1 Å². The Morgan fingerprint density at radius 2 is 1.53 bits per heavy atom. The first-order valence-electron chi connectivity index (χ1n) is 5.43. The molecule has 2 heteroatoms. The average Bonchev–Trinajstić information content (AvgIpc) is 2.38. The third kappa shape index (κ3) is 2.96. The van der Waals surface area contributed by atoms with Gasteiger partial charge >= 0.3 is 0 Å². The molecule has 0 heterocycles. The van der Waals surface area contributed by atoms with Gasteiger partial charge < -0.3 is 5.11 Å². The summed E-state index contributed by atoms with van der Waals surface area (Å²) < 4.78 is 0. The van der Waals surface area contributed by atoms with Gasteiger partial charge in [0.1, 0.15) is 0 Å². The molecular formula is C15H13ClO. The monoisotopic (exact) mass is 244 g/mol. The smallest absolute Gasteiger partial charge is 0.0621 e. The zero-order valence-corrected chi connectivity index (χ0v) is 10.1. The van der Waals surface area contributed by atoms with E-state index in [2.05, 4.69) is 0 Å². The fourth-order valence-corrected chi connectivity index (χ4v) is 1.87. The lowest BCUT2D eigenvalue weighted by Gasteiger charge is -2.08. The Morgan fingerprint density at radius 3 is 2.12 bits per heavy atom. The lowest BCUT2D eigenvalue weighted by Crippen LogP contribution is -1.89. The highest BCUT2D eigenvalue weighted by Gasteiger charge is 2.03. The molecule has 0 aromatic heterocycles. The standard InChI is InChI=1S/C15H13ClO/c16-14-8-6-13(7-9-14)15(10-11-17)12-4-2-1-3-5-12/h1-10,17H,11H2. The molecule has 0 radical (unpaired) electrons. The van der Waals surface area contributed by atoms with E-state index < -0.39 is 0 Å². The van der Waals surface area contributed by atoms with Crippen molar-refractivity contribution in [2.45, 2.75) is 0 Å². The Labute approximate surface area is 106 Å². The van der Waals surface area contributed by atoms with Crippen molar-refractivity contribution in [1.82, 2.24) is 0 Å². The average molecular weight is 245 g/mol. The van der Waals surface area contributed by atoms with Crippen molar-refractivity contribution in [1.29, 1.82) is 0 Å². The van der Waals surface area contributed by atoms with Crippen LogP contribution in [0, 0.1) is 0 Å². The van der Waals surface area contributed by atoms with Crippen molar-refractivity contribution in [2.75, 3.05) is 6.61 Å². The minimum Gasteiger partial charge on any atom is -0.392 e. The van der Waals surface area contributed by atoms with Gasteiger partial charge in [0.05, 0.1) is 6.61 Å². The molecule has 17 heavy (non-hydrogen) atoms. The Balaban J connectivity index is 2.44. The molecule has 0 bridgehead atoms. The topological polar surface area (TPSA) is 20.2 Å². The maximum Gasteiger partial charge on any atom is 0.0621 e. The molecule has 0 saturated heterocycles. The third-order valence-electron chi connectivity index (χ3n) is 2.54. The number of halogens is 1. The zero-order valence-electron chi connectivity index (χ0n) is 9.31. The summed E-state index contributed by atoms with van der Waals surface area (Å²) >= 11 is 5.87. The number of aliphatic hydroxyl groups excluding tert-OH is 1. The molecule has 0 saturated carbocycles. The number of rotatable bonds is 3. The van der Waals surface area contributed by atoms with Crippen LogP contribution in [0.2, 0.25) is 5.02 Å². The molecule has 0 aliphatic rings. The highest BCUT2D eigenvalue weighted by molar-refractivity contribution is 6.30. The van der Waals surface area contributed by atoms with Crippen LogP contribution in [0.25, 0.3) is 5.57 Å². The van der Waals surface area contributed by atoms with E-state index in [1.807, 2.05) is 54.6 Å². The van der Waals surface area contributed by atoms with Crippen molar-refractivity contribution in [3.05, 3.63) is 76.8 Å². The van der Waals surface area contributed by atoms with E-state index in [1.54, 1.807) is 6.08 Å². The van der Waals surface area contributed by atoms with Gasteiger partial charge in [0.2, 0.25) is 0 Å². The van der Waals surface area contributed by atoms with Gasteiger partial charge in [0.15, 0.2) is 0 Å². The molecule has 1 nitrogen and oxygen atoms in total. The maximum absolute atomic E-state index is 9.11. The van der Waals surface area contributed by atoms with Crippen LogP contribution in [-0.2, 0) is 0 Å². The van der Waals surface area contributed by atoms with Crippen molar-refractivity contribution >= 4 is 17.2 Å². The largest absolute Gasteiger partial charge is 0.392 e. The van der Waals surface area contributed by atoms with Crippen LogP contribution in [0.3, 0.4) is 0 Å². The summed E-state index contributed by atoms with van der Waals surface area (Å²) in [5.41, 5.74) is 3.16. The highest BCUT2D eigenvalue weighted by Crippen LogP contribution is 2.24. The fourth-order valence-electron chi connectivity index (χ4n) is 1.74. The molecule has 0 aliphatic carbocycles. The minimum absolute atomic E-state index is 0.0207. The SMILES string of the molecule is OCC=C(c1ccccc1)c1ccc(Cl)cc1. The van der Waals surface area contributed by atoms with Gasteiger partial charge in [0, 0.05) is 5.02 Å². The molecule has 2 aromatic rings. The van der Waals surface area contributed by atoms with Crippen LogP contribution in [-0.4, -0.2) is 11.7 Å². The summed E-state index contributed by atoms with van der Waals surface area (Å²) in [4.78, 5) is 0. The van der Waals surface area contributed by atoms with Crippen LogP contribution in [0.15, 0.2) is 60.7 Å². The Morgan fingerprint density at radius 1 is 0.941 bits per heavy atom. The third-order valence-corrected chi connectivity index (χ3v) is 2.79. The molecule has 2 rings (SSSR count). The Kier molecular flexibility index (Phi) is 3.97. The lowest BCUT2D eigenvalue weighted by molar-refractivity contribution is 0.343. The molecule has 1 N–H and O–H groups in total. The molecule has 0 amide bonds. The summed E-state index contributed by atoms with van der Waals surface area (Å²) in [6.07, 6.45) is 1.80. The fraction of sp³-hybridized carbons (Fsp3) is 0.0667. The van der Waals surface area contributed by atoms with Gasteiger partial charge in [0.25, 0.3) is 0 Å². The molecule has 0 unspecified atom stereocenters. The highest BCUT2D eigenvalue weighted by atomic mass is 35.5. The van der Waals surface area contributed by atoms with Crippen molar-refractivity contribution in [2.24, 2.45) is 0 Å². The number of aliphatic hydroxyl groups is 1.